The first-order valence-corrected chi connectivity index (χ1v) is 2.16. The van der Waals surface area contributed by atoms with Crippen LogP contribution in [0.5, 0.6) is 0 Å². The molecule has 0 aliphatic carbocycles. The summed E-state index contributed by atoms with van der Waals surface area (Å²) in [5.74, 6) is -0.178. The van der Waals surface area contributed by atoms with Gasteiger partial charge in [0, 0.05) is 19.5 Å². The van der Waals surface area contributed by atoms with Gasteiger partial charge < -0.3 is 11.2 Å². The van der Waals surface area contributed by atoms with Crippen LogP contribution in [-0.4, -0.2) is 13.1 Å². The second-order valence-corrected chi connectivity index (χ2v) is 1.19. The molecule has 52 valence electrons. The van der Waals surface area contributed by atoms with E-state index in [1.54, 1.807) is 6.42 Å². The third-order valence-corrected chi connectivity index (χ3v) is 0.598. The average Bonchev–Trinajstić information content (AvgIpc) is 1.68. The van der Waals surface area contributed by atoms with E-state index in [9.17, 15) is 4.79 Å². The monoisotopic (exact) mass is 245 g/mol. The number of ether oxygens (including phenoxy) is 1. The van der Waals surface area contributed by atoms with Crippen molar-refractivity contribution in [2.45, 2.75) is 13.3 Å². The molecular formula is C5H10BrO2Zn-. The largest absolute Gasteiger partial charge is 0.471 e. The third-order valence-electron chi connectivity index (χ3n) is 0.598. The van der Waals surface area contributed by atoms with E-state index < -0.39 is 0 Å². The minimum atomic E-state index is -0.178. The molecule has 0 atom stereocenters. The molecule has 0 aliphatic heterocycles. The van der Waals surface area contributed by atoms with Crippen LogP contribution in [0.25, 0.3) is 0 Å². The van der Waals surface area contributed by atoms with E-state index in [-0.39, 0.29) is 42.4 Å². The zero-order valence-corrected chi connectivity index (χ0v) is 10.4. The summed E-state index contributed by atoms with van der Waals surface area (Å²) in [6, 6.07) is 0. The SMILES string of the molecule is Br.C[CH-]CC(=O)OC.[Zn]. The second-order valence-electron chi connectivity index (χ2n) is 1.19. The van der Waals surface area contributed by atoms with Crippen LogP contribution in [0.4, 0.5) is 0 Å². The van der Waals surface area contributed by atoms with E-state index in [1.807, 2.05) is 6.92 Å². The van der Waals surface area contributed by atoms with Crippen LogP contribution >= 0.6 is 17.0 Å². The van der Waals surface area contributed by atoms with Crippen molar-refractivity contribution in [3.63, 3.8) is 0 Å². The number of carbonyl (C=O) groups excluding carboxylic acids is 1. The van der Waals surface area contributed by atoms with Crippen LogP contribution < -0.4 is 0 Å². The minimum absolute atomic E-state index is 0. The number of hydrogen-bond donors (Lipinski definition) is 0. The molecule has 9 heavy (non-hydrogen) atoms. The van der Waals surface area contributed by atoms with E-state index >= 15 is 0 Å². The van der Waals surface area contributed by atoms with E-state index in [2.05, 4.69) is 4.74 Å². The normalized spacial score (nSPS) is 6.44. The first-order valence-electron chi connectivity index (χ1n) is 2.16. The molecule has 4 heteroatoms. The molecule has 2 nitrogen and oxygen atoms in total. The first kappa shape index (κ1) is 16.3. The van der Waals surface area contributed by atoms with E-state index in [1.165, 1.54) is 7.11 Å². The molecular weight excluding hydrogens is 237 g/mol. The first-order chi connectivity index (χ1) is 3.31. The van der Waals surface area contributed by atoms with Gasteiger partial charge >= 0.3 is 0 Å². The van der Waals surface area contributed by atoms with E-state index in [0.717, 1.165) is 0 Å². The number of rotatable bonds is 2. The minimum Gasteiger partial charge on any atom is -0.471 e. The topological polar surface area (TPSA) is 26.3 Å². The van der Waals surface area contributed by atoms with E-state index in [4.69, 9.17) is 0 Å². The maximum Gasteiger partial charge on any atom is 0.275 e. The van der Waals surface area contributed by atoms with Gasteiger partial charge in [-0.3, -0.25) is 4.79 Å². The predicted molar refractivity (Wildman–Crippen MR) is 36.9 cm³/mol. The Hall–Kier alpha value is 0.573. The summed E-state index contributed by atoms with van der Waals surface area (Å²) in [5, 5.41) is 0. The summed E-state index contributed by atoms with van der Waals surface area (Å²) in [4.78, 5) is 10.2. The zero-order valence-electron chi connectivity index (χ0n) is 5.72. The molecule has 0 aliphatic rings. The van der Waals surface area contributed by atoms with Crippen molar-refractivity contribution in [1.82, 2.24) is 0 Å². The Labute approximate surface area is 78.9 Å². The molecule has 0 spiro atoms. The molecule has 0 radical (unpaired) electrons. The molecule has 0 rings (SSSR count). The van der Waals surface area contributed by atoms with Crippen molar-refractivity contribution >= 4 is 23.0 Å². The van der Waals surface area contributed by atoms with Gasteiger partial charge in [-0.2, -0.15) is 6.92 Å². The van der Waals surface area contributed by atoms with Crippen molar-refractivity contribution in [1.29, 1.82) is 0 Å². The number of halogens is 1. The number of esters is 1. The number of carbonyl (C=O) groups is 1. The van der Waals surface area contributed by atoms with Crippen molar-refractivity contribution in [3.8, 4) is 0 Å². The van der Waals surface area contributed by atoms with Gasteiger partial charge in [0.05, 0.1) is 7.11 Å². The molecule has 0 unspecified atom stereocenters. The molecule has 0 amide bonds. The zero-order chi connectivity index (χ0) is 5.70. The standard InChI is InChI=1S/C5H9O2.BrH.Zn/c1-3-4-5(6)7-2;;/h3H,4H2,1-2H3;1H;/q-1;;. The molecule has 0 N–H and O–H groups in total. The molecule has 0 bridgehead atoms. The Morgan fingerprint density at radius 2 is 2.11 bits per heavy atom. The Morgan fingerprint density at radius 3 is 2.22 bits per heavy atom. The molecule has 0 saturated heterocycles. The van der Waals surface area contributed by atoms with Crippen LogP contribution in [0, 0.1) is 6.42 Å². The number of hydrogen-bond acceptors (Lipinski definition) is 2. The predicted octanol–water partition coefficient (Wildman–Crippen LogP) is 1.35. The summed E-state index contributed by atoms with van der Waals surface area (Å²) in [5.41, 5.74) is 0. The van der Waals surface area contributed by atoms with Gasteiger partial charge in [-0.05, 0) is 0 Å². The van der Waals surface area contributed by atoms with Gasteiger partial charge in [-0.15, -0.1) is 17.0 Å². The van der Waals surface area contributed by atoms with Crippen LogP contribution in [-0.2, 0) is 29.0 Å². The second kappa shape index (κ2) is 11.4. The van der Waals surface area contributed by atoms with E-state index in [0.29, 0.717) is 6.42 Å². The molecule has 0 fully saturated rings. The maximum absolute atomic E-state index is 10.2. The van der Waals surface area contributed by atoms with Crippen molar-refractivity contribution in [2.75, 3.05) is 7.11 Å². The van der Waals surface area contributed by atoms with Crippen molar-refractivity contribution < 1.29 is 29.0 Å². The fourth-order valence-electron chi connectivity index (χ4n) is 0.250. The molecule has 0 saturated carbocycles. The van der Waals surface area contributed by atoms with Crippen molar-refractivity contribution in [3.05, 3.63) is 6.42 Å². The Kier molecular flexibility index (Phi) is 20.6. The van der Waals surface area contributed by atoms with Gasteiger partial charge in [0.25, 0.3) is 5.97 Å². The number of methoxy groups -OCH3 is 1. The average molecular weight is 247 g/mol. The fourth-order valence-corrected chi connectivity index (χ4v) is 0.250. The molecule has 0 aromatic rings. The molecule has 0 heterocycles. The van der Waals surface area contributed by atoms with Crippen LogP contribution in [0.3, 0.4) is 0 Å². The molecule has 0 aromatic carbocycles. The Morgan fingerprint density at radius 1 is 1.67 bits per heavy atom. The van der Waals surface area contributed by atoms with Crippen LogP contribution in [0.15, 0.2) is 0 Å². The summed E-state index contributed by atoms with van der Waals surface area (Å²) in [6.07, 6.45) is 2.17. The van der Waals surface area contributed by atoms with Gasteiger partial charge in [0.1, 0.15) is 0 Å². The van der Waals surface area contributed by atoms with Gasteiger partial charge in [-0.25, -0.2) is 0 Å². The van der Waals surface area contributed by atoms with Gasteiger partial charge in [-0.1, -0.05) is 6.42 Å². The summed E-state index contributed by atoms with van der Waals surface area (Å²) >= 11 is 0. The summed E-state index contributed by atoms with van der Waals surface area (Å²) in [7, 11) is 1.38. The maximum atomic E-state index is 10.2. The van der Waals surface area contributed by atoms with Gasteiger partial charge in [0.2, 0.25) is 0 Å². The van der Waals surface area contributed by atoms with Crippen LogP contribution in [0.2, 0.25) is 0 Å². The fraction of sp³-hybridized carbons (Fsp3) is 0.600. The quantitative estimate of drug-likeness (QED) is 0.418. The van der Waals surface area contributed by atoms with Crippen LogP contribution in [0.1, 0.15) is 13.3 Å². The third kappa shape index (κ3) is 11.9. The molecule has 0 aromatic heterocycles. The Balaban J connectivity index is -0.000000180. The summed E-state index contributed by atoms with van der Waals surface area (Å²) in [6.45, 7) is 1.82. The van der Waals surface area contributed by atoms with Crippen molar-refractivity contribution in [2.24, 2.45) is 0 Å². The van der Waals surface area contributed by atoms with Gasteiger partial charge in [0.15, 0.2) is 0 Å². The summed E-state index contributed by atoms with van der Waals surface area (Å²) < 4.78 is 4.32. The smallest absolute Gasteiger partial charge is 0.275 e. The Bertz CT molecular complexity index is 68.0.